The van der Waals surface area contributed by atoms with Gasteiger partial charge in [-0.1, -0.05) is 31.0 Å². The minimum atomic E-state index is -0.605. The molecule has 1 aliphatic carbocycles. The zero-order valence-electron chi connectivity index (χ0n) is 10.3. The molecule has 3 heteroatoms. The quantitative estimate of drug-likeness (QED) is 0.854. The average Bonchev–Trinajstić information content (AvgIpc) is 2.89. The summed E-state index contributed by atoms with van der Waals surface area (Å²) in [4.78, 5) is 0. The monoisotopic (exact) mass is 236 g/mol. The number of ether oxygens (including phenoxy) is 2. The molecule has 1 fully saturated rings. The number of hydrogen-bond acceptors (Lipinski definition) is 3. The summed E-state index contributed by atoms with van der Waals surface area (Å²) in [6, 6.07) is 7.53. The number of para-hydroxylation sites is 1. The second-order valence-corrected chi connectivity index (χ2v) is 4.50. The Labute approximate surface area is 102 Å². The summed E-state index contributed by atoms with van der Waals surface area (Å²) in [5.41, 5.74) is 0.799. The maximum Gasteiger partial charge on any atom is 0.124 e. The number of aliphatic hydroxyl groups excluding tert-OH is 1. The topological polar surface area (TPSA) is 38.7 Å². The van der Waals surface area contributed by atoms with E-state index in [1.165, 1.54) is 12.8 Å². The van der Waals surface area contributed by atoms with Crippen molar-refractivity contribution in [3.05, 3.63) is 29.8 Å². The highest BCUT2D eigenvalue weighted by Gasteiger charge is 2.19. The third kappa shape index (κ3) is 3.20. The fraction of sp³-hybridized carbons (Fsp3) is 0.571. The van der Waals surface area contributed by atoms with Crippen LogP contribution in [0.5, 0.6) is 5.75 Å². The van der Waals surface area contributed by atoms with E-state index in [9.17, 15) is 5.11 Å². The number of rotatable bonds is 5. The molecule has 0 bridgehead atoms. The molecule has 0 radical (unpaired) electrons. The Kier molecular flexibility index (Phi) is 4.40. The lowest BCUT2D eigenvalue weighted by atomic mass is 10.1. The Morgan fingerprint density at radius 3 is 2.71 bits per heavy atom. The molecule has 17 heavy (non-hydrogen) atoms. The highest BCUT2D eigenvalue weighted by atomic mass is 16.5. The lowest BCUT2D eigenvalue weighted by Gasteiger charge is -2.17. The van der Waals surface area contributed by atoms with E-state index in [-0.39, 0.29) is 0 Å². The van der Waals surface area contributed by atoms with E-state index in [2.05, 4.69) is 0 Å². The van der Waals surface area contributed by atoms with Crippen LogP contribution < -0.4 is 4.74 Å². The number of benzene rings is 1. The maximum atomic E-state index is 10.1. The molecular formula is C14H20O3. The zero-order chi connectivity index (χ0) is 12.1. The largest absolute Gasteiger partial charge is 0.496 e. The van der Waals surface area contributed by atoms with Crippen molar-refractivity contribution < 1.29 is 14.6 Å². The number of hydrogen-bond donors (Lipinski definition) is 1. The smallest absolute Gasteiger partial charge is 0.124 e. The normalized spacial score (nSPS) is 18.2. The predicted molar refractivity (Wildman–Crippen MR) is 66.2 cm³/mol. The third-order valence-electron chi connectivity index (χ3n) is 3.29. The van der Waals surface area contributed by atoms with E-state index >= 15 is 0 Å². The first-order chi connectivity index (χ1) is 8.31. The molecule has 0 amide bonds. The van der Waals surface area contributed by atoms with Crippen LogP contribution in [-0.2, 0) is 4.74 Å². The molecule has 1 aliphatic rings. The first-order valence-electron chi connectivity index (χ1n) is 6.24. The SMILES string of the molecule is COc1ccccc1C(O)COC1CCCC1. The van der Waals surface area contributed by atoms with Crippen LogP contribution in [0.15, 0.2) is 24.3 Å². The van der Waals surface area contributed by atoms with Crippen molar-refractivity contribution in [3.8, 4) is 5.75 Å². The zero-order valence-corrected chi connectivity index (χ0v) is 10.3. The molecule has 0 saturated heterocycles. The summed E-state index contributed by atoms with van der Waals surface area (Å²) < 4.78 is 10.9. The van der Waals surface area contributed by atoms with Crippen molar-refractivity contribution in [2.75, 3.05) is 13.7 Å². The van der Waals surface area contributed by atoms with E-state index in [1.54, 1.807) is 7.11 Å². The first kappa shape index (κ1) is 12.4. The van der Waals surface area contributed by atoms with Crippen LogP contribution in [0, 0.1) is 0 Å². The summed E-state index contributed by atoms with van der Waals surface area (Å²) in [5, 5.41) is 10.1. The van der Waals surface area contributed by atoms with E-state index < -0.39 is 6.10 Å². The van der Waals surface area contributed by atoms with Gasteiger partial charge in [-0.05, 0) is 18.9 Å². The molecule has 1 atom stereocenters. The van der Waals surface area contributed by atoms with Gasteiger partial charge in [-0.15, -0.1) is 0 Å². The number of aliphatic hydroxyl groups is 1. The Morgan fingerprint density at radius 2 is 2.00 bits per heavy atom. The molecular weight excluding hydrogens is 216 g/mol. The van der Waals surface area contributed by atoms with Gasteiger partial charge in [0.1, 0.15) is 11.9 Å². The van der Waals surface area contributed by atoms with Crippen molar-refractivity contribution in [3.63, 3.8) is 0 Å². The highest BCUT2D eigenvalue weighted by Crippen LogP contribution is 2.27. The van der Waals surface area contributed by atoms with Crippen LogP contribution in [0.4, 0.5) is 0 Å². The van der Waals surface area contributed by atoms with Crippen LogP contribution in [0.2, 0.25) is 0 Å². The lowest BCUT2D eigenvalue weighted by Crippen LogP contribution is -2.14. The van der Waals surface area contributed by atoms with E-state index in [0.29, 0.717) is 12.7 Å². The van der Waals surface area contributed by atoms with Gasteiger partial charge in [0.15, 0.2) is 0 Å². The Morgan fingerprint density at radius 1 is 1.29 bits per heavy atom. The fourth-order valence-corrected chi connectivity index (χ4v) is 2.31. The molecule has 0 aliphatic heterocycles. The molecule has 2 rings (SSSR count). The van der Waals surface area contributed by atoms with Gasteiger partial charge in [-0.2, -0.15) is 0 Å². The summed E-state index contributed by atoms with van der Waals surface area (Å²) >= 11 is 0. The molecule has 3 nitrogen and oxygen atoms in total. The van der Waals surface area contributed by atoms with Crippen molar-refractivity contribution >= 4 is 0 Å². The van der Waals surface area contributed by atoms with Crippen molar-refractivity contribution in [1.82, 2.24) is 0 Å². The van der Waals surface area contributed by atoms with Crippen molar-refractivity contribution in [2.24, 2.45) is 0 Å². The van der Waals surface area contributed by atoms with Crippen molar-refractivity contribution in [1.29, 1.82) is 0 Å². The molecule has 1 aromatic carbocycles. The average molecular weight is 236 g/mol. The Hall–Kier alpha value is -1.06. The molecule has 1 saturated carbocycles. The van der Waals surface area contributed by atoms with Gasteiger partial charge in [-0.25, -0.2) is 0 Å². The molecule has 0 heterocycles. The van der Waals surface area contributed by atoms with E-state index in [1.807, 2.05) is 24.3 Å². The Balaban J connectivity index is 1.91. The molecule has 0 aromatic heterocycles. The van der Waals surface area contributed by atoms with Crippen LogP contribution in [0.3, 0.4) is 0 Å². The number of methoxy groups -OCH3 is 1. The maximum absolute atomic E-state index is 10.1. The van der Waals surface area contributed by atoms with E-state index in [0.717, 1.165) is 24.2 Å². The van der Waals surface area contributed by atoms with Crippen LogP contribution in [0.25, 0.3) is 0 Å². The van der Waals surface area contributed by atoms with Gasteiger partial charge in [0, 0.05) is 5.56 Å². The molecule has 1 N–H and O–H groups in total. The second-order valence-electron chi connectivity index (χ2n) is 4.50. The van der Waals surface area contributed by atoms with Gasteiger partial charge in [0.2, 0.25) is 0 Å². The summed E-state index contributed by atoms with van der Waals surface area (Å²) in [6.45, 7) is 0.352. The van der Waals surface area contributed by atoms with Crippen LogP contribution in [0.1, 0.15) is 37.4 Å². The van der Waals surface area contributed by atoms with Gasteiger partial charge in [-0.3, -0.25) is 0 Å². The van der Waals surface area contributed by atoms with Crippen molar-refractivity contribution in [2.45, 2.75) is 37.9 Å². The second kappa shape index (κ2) is 6.03. The van der Waals surface area contributed by atoms with Gasteiger partial charge >= 0.3 is 0 Å². The molecule has 94 valence electrons. The summed E-state index contributed by atoms with van der Waals surface area (Å²) in [5.74, 6) is 0.718. The molecule has 1 unspecified atom stereocenters. The minimum Gasteiger partial charge on any atom is -0.496 e. The summed E-state index contributed by atoms with van der Waals surface area (Å²) in [7, 11) is 1.61. The third-order valence-corrected chi connectivity index (χ3v) is 3.29. The standard InChI is InChI=1S/C14H20O3/c1-16-14-9-5-4-8-12(14)13(15)10-17-11-6-2-3-7-11/h4-5,8-9,11,13,15H,2-3,6-7,10H2,1H3. The van der Waals surface area contributed by atoms with Crippen LogP contribution in [-0.4, -0.2) is 24.9 Å². The van der Waals surface area contributed by atoms with Crippen LogP contribution >= 0.6 is 0 Å². The minimum absolute atomic E-state index is 0.333. The fourth-order valence-electron chi connectivity index (χ4n) is 2.31. The molecule has 0 spiro atoms. The first-order valence-corrected chi connectivity index (χ1v) is 6.24. The molecule has 1 aromatic rings. The highest BCUT2D eigenvalue weighted by molar-refractivity contribution is 5.34. The van der Waals surface area contributed by atoms with E-state index in [4.69, 9.17) is 9.47 Å². The van der Waals surface area contributed by atoms with Gasteiger partial charge in [0.25, 0.3) is 0 Å². The summed E-state index contributed by atoms with van der Waals surface area (Å²) in [6.07, 6.45) is 4.47. The van der Waals surface area contributed by atoms with Gasteiger partial charge < -0.3 is 14.6 Å². The predicted octanol–water partition coefficient (Wildman–Crippen LogP) is 2.69. The van der Waals surface area contributed by atoms with Gasteiger partial charge in [0.05, 0.1) is 19.8 Å². The Bertz CT molecular complexity index is 345. The lowest BCUT2D eigenvalue weighted by molar-refractivity contribution is -0.00771.